The number of aromatic amines is 1. The molecule has 27 heteroatoms. The highest BCUT2D eigenvalue weighted by molar-refractivity contribution is 7.82. The molecular weight excluding hydrogens is 1210 g/mol. The molecule has 0 aliphatic carbocycles. The number of ether oxygens (including phenoxy) is 5. The Morgan fingerprint density at radius 1 is 0.789 bits per heavy atom. The number of H-pyrrole nitrogens is 1. The molecule has 90 heavy (non-hydrogen) atoms. The molecule has 1 saturated heterocycles. The molecule has 0 spiro atoms. The van der Waals surface area contributed by atoms with E-state index in [1.165, 1.54) is 64.3 Å². The number of anilines is 1. The van der Waals surface area contributed by atoms with Crippen LogP contribution >= 0.6 is 11.6 Å². The fraction of sp³-hybridized carbons (Fsp3) is 0.492. The molecule has 6 aromatic rings. The molecule has 486 valence electrons. The highest BCUT2D eigenvalue weighted by atomic mass is 35.5. The predicted octanol–water partition coefficient (Wildman–Crippen LogP) is 5.87. The van der Waals surface area contributed by atoms with Gasteiger partial charge in [-0.2, -0.15) is 0 Å². The number of aromatic nitrogens is 4. The predicted molar refractivity (Wildman–Crippen MR) is 330 cm³/mol. The Kier molecular flexibility index (Phi) is 19.7. The number of hydrogen-bond donors (Lipinski definition) is 6. The normalized spacial score (nSPS) is 19.9. The number of carbonyl (C=O) groups is 4. The summed E-state index contributed by atoms with van der Waals surface area (Å²) < 4.78 is 71.7. The smallest absolute Gasteiger partial charge is 0.501 e. The van der Waals surface area contributed by atoms with Crippen LogP contribution in [-0.4, -0.2) is 191 Å². The van der Waals surface area contributed by atoms with E-state index in [0.717, 1.165) is 11.8 Å². The van der Waals surface area contributed by atoms with E-state index in [1.54, 1.807) is 42.1 Å². The van der Waals surface area contributed by atoms with Crippen molar-refractivity contribution in [2.45, 2.75) is 105 Å². The minimum absolute atomic E-state index is 0.0106. The van der Waals surface area contributed by atoms with Crippen LogP contribution in [0.2, 0.25) is 0 Å². The summed E-state index contributed by atoms with van der Waals surface area (Å²) in [5.74, 6) is -3.06. The Labute approximate surface area is 526 Å². The molecule has 5 heterocycles. The van der Waals surface area contributed by atoms with Crippen molar-refractivity contribution in [2.75, 3.05) is 77.6 Å². The lowest BCUT2D eigenvalue weighted by atomic mass is 9.88. The molecule has 25 nitrogen and oxygen atoms in total. The third-order valence-corrected chi connectivity index (χ3v) is 16.8. The number of halogens is 1. The topological polar surface area (TPSA) is 324 Å². The van der Waals surface area contributed by atoms with Gasteiger partial charge in [-0.1, -0.05) is 60.6 Å². The summed E-state index contributed by atoms with van der Waals surface area (Å²) >= 11 is 6.58. The first-order valence-electron chi connectivity index (χ1n) is 29.2. The van der Waals surface area contributed by atoms with E-state index >= 15 is 0 Å². The molecule has 6 N–H and O–H groups in total. The second kappa shape index (κ2) is 26.4. The molecule has 1 fully saturated rings. The number of aliphatic hydroxyl groups excluding tert-OH is 4. The summed E-state index contributed by atoms with van der Waals surface area (Å²) in [5, 5.41) is 62.3. The van der Waals surface area contributed by atoms with Crippen molar-refractivity contribution in [1.29, 1.82) is 0 Å². The number of phenolic OH excluding ortho intramolecular Hbond substituents is 1. The first-order chi connectivity index (χ1) is 42.3. The minimum atomic E-state index is -5.28. The maximum atomic E-state index is 14.5. The summed E-state index contributed by atoms with van der Waals surface area (Å²) in [6, 6.07) is 16.0. The Balaban J connectivity index is 0.883. The quantitative estimate of drug-likeness (QED) is 0.0259. The number of fused-ring (bicyclic) bond motifs is 4. The van der Waals surface area contributed by atoms with Crippen molar-refractivity contribution < 1.29 is 85.2 Å². The number of alkyl halides is 1. The summed E-state index contributed by atoms with van der Waals surface area (Å²) in [5.41, 5.74) is 0.421. The van der Waals surface area contributed by atoms with E-state index in [0.29, 0.717) is 60.4 Å². The van der Waals surface area contributed by atoms with E-state index in [-0.39, 0.29) is 83.2 Å². The number of nitrogens with one attached hydrogen (secondary N) is 1. The number of benzene rings is 4. The monoisotopic (exact) mass is 1290 g/mol. The van der Waals surface area contributed by atoms with Crippen molar-refractivity contribution in [1.82, 2.24) is 29.8 Å². The molecule has 6 atom stereocenters. The van der Waals surface area contributed by atoms with Crippen LogP contribution in [0.25, 0.3) is 21.7 Å². The Hall–Kier alpha value is -7.40. The lowest BCUT2D eigenvalue weighted by molar-refractivity contribution is -0.277. The SMILES string of the molecule is COc1ccc2c(OS(=O)(=O)Oc3cc(C(=O)N(C)CC(C)(C)COCC(C)(C)Cn4cc(CC(C)(C)COCC(C)(C)CN5C(=O)C=CC5=O)nn4)ccc3O[C@@H]3O[C@H](CO)[C@H](O)[C@H](O)[C@H]3O)cc3c(c2c1)[C@H](CCl)CN3C(=O)c1cc2ccc(O)cc2[nH]1. The van der Waals surface area contributed by atoms with Gasteiger partial charge >= 0.3 is 10.4 Å². The lowest BCUT2D eigenvalue weighted by Crippen LogP contribution is -2.60. The Morgan fingerprint density at radius 2 is 1.46 bits per heavy atom. The molecule has 2 aromatic heterocycles. The number of phenols is 1. The fourth-order valence-corrected chi connectivity index (χ4v) is 12.4. The van der Waals surface area contributed by atoms with E-state index in [9.17, 15) is 53.1 Å². The Morgan fingerprint density at radius 3 is 2.13 bits per heavy atom. The minimum Gasteiger partial charge on any atom is -0.508 e. The van der Waals surface area contributed by atoms with Gasteiger partial charge in [-0.3, -0.25) is 28.8 Å². The van der Waals surface area contributed by atoms with Gasteiger partial charge in [-0.15, -0.1) is 25.1 Å². The molecule has 0 radical (unpaired) electrons. The van der Waals surface area contributed by atoms with Gasteiger partial charge in [0.05, 0.1) is 51.5 Å². The number of nitrogens with zero attached hydrogens (tertiary/aromatic N) is 6. The molecule has 4 aromatic carbocycles. The maximum Gasteiger partial charge on any atom is 0.501 e. The first-order valence-corrected chi connectivity index (χ1v) is 31.1. The second-order valence-electron chi connectivity index (χ2n) is 26.5. The van der Waals surface area contributed by atoms with Gasteiger partial charge < -0.3 is 72.4 Å². The zero-order chi connectivity index (χ0) is 65.4. The van der Waals surface area contributed by atoms with E-state index < -0.39 is 93.2 Å². The van der Waals surface area contributed by atoms with Crippen molar-refractivity contribution in [3.05, 3.63) is 108 Å². The van der Waals surface area contributed by atoms with E-state index in [2.05, 4.69) is 29.1 Å². The van der Waals surface area contributed by atoms with Crippen LogP contribution in [0.1, 0.15) is 93.4 Å². The summed E-state index contributed by atoms with van der Waals surface area (Å²) in [7, 11) is -2.27. The van der Waals surface area contributed by atoms with Crippen LogP contribution in [-0.2, 0) is 47.2 Å². The zero-order valence-corrected chi connectivity index (χ0v) is 53.4. The molecule has 3 aliphatic rings. The molecule has 0 bridgehead atoms. The van der Waals surface area contributed by atoms with Gasteiger partial charge in [0.25, 0.3) is 23.6 Å². The zero-order valence-electron chi connectivity index (χ0n) is 51.8. The summed E-state index contributed by atoms with van der Waals surface area (Å²) in [6.07, 6.45) is -3.74. The highest BCUT2D eigenvalue weighted by Gasteiger charge is 2.46. The van der Waals surface area contributed by atoms with E-state index in [4.69, 9.17) is 43.7 Å². The van der Waals surface area contributed by atoms with Gasteiger partial charge in [-0.05, 0) is 71.0 Å². The third-order valence-electron chi connectivity index (χ3n) is 15.7. The van der Waals surface area contributed by atoms with Crippen LogP contribution in [0, 0.1) is 21.7 Å². The van der Waals surface area contributed by atoms with Crippen LogP contribution in [0.3, 0.4) is 0 Å². The molecule has 0 unspecified atom stereocenters. The molecule has 3 aliphatic heterocycles. The number of imide groups is 1. The van der Waals surface area contributed by atoms with Gasteiger partial charge in [0.15, 0.2) is 17.2 Å². The fourth-order valence-electron chi connectivity index (χ4n) is 11.4. The second-order valence-corrected chi connectivity index (χ2v) is 27.9. The van der Waals surface area contributed by atoms with Gasteiger partial charge in [-0.25, -0.2) is 0 Å². The summed E-state index contributed by atoms with van der Waals surface area (Å²) in [6.45, 7) is 17.4. The largest absolute Gasteiger partial charge is 0.508 e. The van der Waals surface area contributed by atoms with Gasteiger partial charge in [0.1, 0.15) is 41.6 Å². The van der Waals surface area contributed by atoms with Crippen LogP contribution in [0.4, 0.5) is 5.69 Å². The van der Waals surface area contributed by atoms with Crippen LogP contribution in [0.5, 0.6) is 28.7 Å². The number of aliphatic hydroxyl groups is 4. The van der Waals surface area contributed by atoms with Crippen molar-refractivity contribution in [2.24, 2.45) is 21.7 Å². The molecule has 0 saturated carbocycles. The van der Waals surface area contributed by atoms with Crippen molar-refractivity contribution in [3.63, 3.8) is 0 Å². The molecule has 4 amide bonds. The Bertz CT molecular complexity index is 3790. The highest BCUT2D eigenvalue weighted by Crippen LogP contribution is 2.48. The van der Waals surface area contributed by atoms with Gasteiger partial charge in [0.2, 0.25) is 6.29 Å². The third kappa shape index (κ3) is 15.5. The average molecular weight is 1290 g/mol. The molecular formula is C63H78ClN7O18S. The summed E-state index contributed by atoms with van der Waals surface area (Å²) in [4.78, 5) is 60.2. The van der Waals surface area contributed by atoms with E-state index in [1.807, 2.05) is 47.7 Å². The van der Waals surface area contributed by atoms with Crippen LogP contribution in [0.15, 0.2) is 85.1 Å². The van der Waals surface area contributed by atoms with Crippen LogP contribution < -0.4 is 22.7 Å². The number of carbonyl (C=O) groups excluding carboxylic acids is 4. The standard InChI is InChI=1S/C63H78ClN7O18S/c1-60(2,32-84-35-63(7,8)31-71-51(74)17-18-52(71)75)24-39-27-69(67-66-39)30-62(5,6)34-85-33-61(3,4)29-68(9)57(79)37-12-16-47(86-59-56(78)55(77)54(76)50(28-72)87-59)49(20-37)89-90(81,82)88-48-23-46-53(43-22-41(83-10)14-15-42(43)48)38(25-64)26-70(46)58(80)45-19-36-11-13-40(73)21-44(36)65-45/h11-23,27,38,50,54-56,59,65,72-73,76-78H,24-26,28-35H2,1-10H3/t38-,50-,54+,55+,56-,59-/m1/s1. The number of aromatic hydroxyl groups is 1. The first kappa shape index (κ1) is 67.0. The number of amides is 4. The lowest BCUT2D eigenvalue weighted by Gasteiger charge is -2.39. The van der Waals surface area contributed by atoms with Crippen molar-refractivity contribution >= 4 is 73.0 Å². The number of methoxy groups -OCH3 is 1. The average Bonchev–Trinajstić information content (AvgIpc) is 1.55. The van der Waals surface area contributed by atoms with Gasteiger partial charge in [0, 0.05) is 120 Å². The maximum absolute atomic E-state index is 14.5. The van der Waals surface area contributed by atoms with Crippen molar-refractivity contribution in [3.8, 4) is 28.7 Å². The molecule has 9 rings (SSSR count). The number of rotatable bonds is 27. The number of hydrogen-bond acceptors (Lipinski definition) is 20.